The van der Waals surface area contributed by atoms with Crippen LogP contribution in [0.1, 0.15) is 30.2 Å². The molecule has 8 heteroatoms. The van der Waals surface area contributed by atoms with Crippen LogP contribution in [0.5, 0.6) is 0 Å². The quantitative estimate of drug-likeness (QED) is 0.329. The molecule has 1 unspecified atom stereocenters. The second-order valence-corrected chi connectivity index (χ2v) is 9.87. The highest BCUT2D eigenvalue weighted by molar-refractivity contribution is 7.63. The Kier molecular flexibility index (Phi) is 8.01. The minimum Gasteiger partial charge on any atom is -0.481 e. The maximum Gasteiger partial charge on any atom is 0.305 e. The third-order valence-corrected chi connectivity index (χ3v) is 6.63. The Morgan fingerprint density at radius 3 is 2.35 bits per heavy atom. The van der Waals surface area contributed by atoms with E-state index < -0.39 is 37.8 Å². The van der Waals surface area contributed by atoms with Crippen molar-refractivity contribution in [1.29, 1.82) is 0 Å². The molecular formula is C26H25FNO5P. The maximum absolute atomic E-state index is 13.6. The zero-order chi connectivity index (χ0) is 24.9. The lowest BCUT2D eigenvalue weighted by molar-refractivity contribution is -0.138. The first-order valence-corrected chi connectivity index (χ1v) is 12.6. The Morgan fingerprint density at radius 2 is 1.76 bits per heavy atom. The van der Waals surface area contributed by atoms with Crippen LogP contribution in [-0.4, -0.2) is 38.3 Å². The van der Waals surface area contributed by atoms with Gasteiger partial charge in [-0.25, -0.2) is 4.39 Å². The molecule has 0 radical (unpaired) electrons. The maximum atomic E-state index is 13.6. The second kappa shape index (κ2) is 10.8. The zero-order valence-corrected chi connectivity index (χ0v) is 19.7. The SMILES string of the molecule is CCc1nc(-c2ccccc2)c(C)c(-c2ccc(F)cc2)c1C#CP(=O)(O)C[C@H](O)CC(=O)O. The first-order valence-electron chi connectivity index (χ1n) is 10.7. The highest BCUT2D eigenvalue weighted by Crippen LogP contribution is 2.41. The highest BCUT2D eigenvalue weighted by atomic mass is 31.2. The fourth-order valence-corrected chi connectivity index (χ4v) is 4.79. The number of hydrogen-bond acceptors (Lipinski definition) is 4. The van der Waals surface area contributed by atoms with Crippen LogP contribution < -0.4 is 0 Å². The van der Waals surface area contributed by atoms with Crippen molar-refractivity contribution in [2.24, 2.45) is 0 Å². The summed E-state index contributed by atoms with van der Waals surface area (Å²) in [6, 6.07) is 15.5. The number of carbonyl (C=O) groups is 1. The molecule has 34 heavy (non-hydrogen) atoms. The number of pyridine rings is 1. The number of nitrogens with zero attached hydrogens (tertiary/aromatic N) is 1. The van der Waals surface area contributed by atoms with Gasteiger partial charge in [-0.3, -0.25) is 14.3 Å². The van der Waals surface area contributed by atoms with Crippen molar-refractivity contribution in [3.05, 3.63) is 77.2 Å². The number of aromatic nitrogens is 1. The number of aryl methyl sites for hydroxylation is 1. The lowest BCUT2D eigenvalue weighted by atomic mass is 9.91. The molecule has 0 spiro atoms. The van der Waals surface area contributed by atoms with Gasteiger partial charge >= 0.3 is 5.97 Å². The monoisotopic (exact) mass is 481 g/mol. The van der Waals surface area contributed by atoms with Crippen molar-refractivity contribution >= 4 is 13.3 Å². The van der Waals surface area contributed by atoms with E-state index in [1.165, 1.54) is 12.1 Å². The Balaban J connectivity index is 2.20. The van der Waals surface area contributed by atoms with E-state index in [1.54, 1.807) is 12.1 Å². The Bertz CT molecular complexity index is 1300. The molecule has 0 amide bonds. The highest BCUT2D eigenvalue weighted by Gasteiger charge is 2.24. The van der Waals surface area contributed by atoms with E-state index in [4.69, 9.17) is 10.1 Å². The standard InChI is InChI=1S/C26H25FNO5P/c1-3-23-22(13-14-34(32,33)16-21(29)15-24(30)31)25(18-9-11-20(27)12-10-18)17(2)26(28-23)19-7-5-4-6-8-19/h4-12,21,29H,3,15-16H2,1-2H3,(H,30,31)(H,32,33)/t21-/m1/s1. The van der Waals surface area contributed by atoms with Crippen LogP contribution in [0.25, 0.3) is 22.4 Å². The van der Waals surface area contributed by atoms with Gasteiger partial charge in [-0.2, -0.15) is 0 Å². The number of aliphatic carboxylic acids is 1. The predicted molar refractivity (Wildman–Crippen MR) is 129 cm³/mol. The van der Waals surface area contributed by atoms with Gasteiger partial charge in [-0.05, 0) is 42.3 Å². The first-order chi connectivity index (χ1) is 16.1. The van der Waals surface area contributed by atoms with Crippen LogP contribution in [0, 0.1) is 24.3 Å². The molecule has 2 aromatic carbocycles. The average Bonchev–Trinajstić information content (AvgIpc) is 2.78. The van der Waals surface area contributed by atoms with Crippen LogP contribution in [0.2, 0.25) is 0 Å². The minimum absolute atomic E-state index is 0.394. The topological polar surface area (TPSA) is 108 Å². The third kappa shape index (κ3) is 6.18. The van der Waals surface area contributed by atoms with E-state index in [-0.39, 0.29) is 0 Å². The summed E-state index contributed by atoms with van der Waals surface area (Å²) in [7, 11) is -4.17. The summed E-state index contributed by atoms with van der Waals surface area (Å²) in [5.74, 6) is 1.12. The number of aliphatic hydroxyl groups excluding tert-OH is 1. The van der Waals surface area contributed by atoms with E-state index in [2.05, 4.69) is 11.6 Å². The summed E-state index contributed by atoms with van der Waals surface area (Å²) in [6.45, 7) is 3.76. The largest absolute Gasteiger partial charge is 0.481 e. The number of benzene rings is 2. The fourth-order valence-electron chi connectivity index (χ4n) is 3.71. The summed E-state index contributed by atoms with van der Waals surface area (Å²) in [4.78, 5) is 25.8. The lowest BCUT2D eigenvalue weighted by Crippen LogP contribution is -2.17. The molecular weight excluding hydrogens is 456 g/mol. The number of carboxylic acids is 1. The molecule has 176 valence electrons. The van der Waals surface area contributed by atoms with Gasteiger partial charge in [0.05, 0.1) is 35.6 Å². The fraction of sp³-hybridized carbons (Fsp3) is 0.231. The summed E-state index contributed by atoms with van der Waals surface area (Å²) in [6.07, 6.45) is -2.33. The Hall–Kier alpha value is -3.30. The molecule has 0 saturated heterocycles. The number of rotatable bonds is 7. The van der Waals surface area contributed by atoms with Crippen molar-refractivity contribution in [2.75, 3.05) is 6.16 Å². The van der Waals surface area contributed by atoms with E-state index >= 15 is 0 Å². The lowest BCUT2D eigenvalue weighted by Gasteiger charge is -2.17. The molecule has 6 nitrogen and oxygen atoms in total. The molecule has 0 saturated carbocycles. The van der Waals surface area contributed by atoms with Gasteiger partial charge in [-0.15, -0.1) is 0 Å². The Labute approximate surface area is 197 Å². The van der Waals surface area contributed by atoms with Gasteiger partial charge < -0.3 is 15.1 Å². The molecule has 0 aliphatic heterocycles. The smallest absolute Gasteiger partial charge is 0.305 e. The first kappa shape index (κ1) is 25.3. The average molecular weight is 481 g/mol. The second-order valence-electron chi connectivity index (χ2n) is 7.88. The molecule has 3 aromatic rings. The van der Waals surface area contributed by atoms with Gasteiger partial charge in [0.15, 0.2) is 0 Å². The number of halogens is 1. The van der Waals surface area contributed by atoms with E-state index in [0.717, 1.165) is 16.8 Å². The molecule has 0 aliphatic rings. The van der Waals surface area contributed by atoms with E-state index in [1.807, 2.05) is 44.2 Å². The molecule has 0 fully saturated rings. The normalized spacial score (nSPS) is 13.4. The molecule has 0 aliphatic carbocycles. The molecule has 1 heterocycles. The van der Waals surface area contributed by atoms with Crippen LogP contribution in [0.15, 0.2) is 54.6 Å². The van der Waals surface area contributed by atoms with Gasteiger partial charge in [0.1, 0.15) is 5.82 Å². The Morgan fingerprint density at radius 1 is 1.12 bits per heavy atom. The van der Waals surface area contributed by atoms with Gasteiger partial charge in [0.25, 0.3) is 7.37 Å². The number of aliphatic hydroxyl groups is 1. The van der Waals surface area contributed by atoms with Crippen molar-refractivity contribution in [2.45, 2.75) is 32.8 Å². The minimum atomic E-state index is -4.17. The molecule has 2 atom stereocenters. The van der Waals surface area contributed by atoms with Crippen LogP contribution in [-0.2, 0) is 15.8 Å². The van der Waals surface area contributed by atoms with Crippen molar-refractivity contribution in [3.63, 3.8) is 0 Å². The molecule has 3 N–H and O–H groups in total. The molecule has 3 rings (SSSR count). The summed E-state index contributed by atoms with van der Waals surface area (Å²) in [5.41, 5.74) is 7.14. The van der Waals surface area contributed by atoms with Crippen LogP contribution in [0.4, 0.5) is 4.39 Å². The van der Waals surface area contributed by atoms with Crippen molar-refractivity contribution in [1.82, 2.24) is 4.98 Å². The zero-order valence-electron chi connectivity index (χ0n) is 18.8. The van der Waals surface area contributed by atoms with E-state index in [0.29, 0.717) is 28.8 Å². The van der Waals surface area contributed by atoms with Crippen molar-refractivity contribution in [3.8, 4) is 34.0 Å². The summed E-state index contributed by atoms with van der Waals surface area (Å²) in [5, 5.41) is 18.6. The summed E-state index contributed by atoms with van der Waals surface area (Å²) >= 11 is 0. The van der Waals surface area contributed by atoms with Crippen LogP contribution in [0.3, 0.4) is 0 Å². The third-order valence-electron chi connectivity index (χ3n) is 5.25. The van der Waals surface area contributed by atoms with Crippen molar-refractivity contribution < 1.29 is 28.9 Å². The molecule has 0 bridgehead atoms. The van der Waals surface area contributed by atoms with Crippen LogP contribution >= 0.6 is 7.37 Å². The number of carboxylic acid groups (broad SMARTS) is 1. The van der Waals surface area contributed by atoms with Gasteiger partial charge in [-0.1, -0.05) is 55.3 Å². The van der Waals surface area contributed by atoms with Gasteiger partial charge in [0.2, 0.25) is 0 Å². The summed E-state index contributed by atoms with van der Waals surface area (Å²) < 4.78 is 26.2. The van der Waals surface area contributed by atoms with E-state index in [9.17, 15) is 23.7 Å². The van der Waals surface area contributed by atoms with Gasteiger partial charge in [0, 0.05) is 11.1 Å². The number of hydrogen-bond donors (Lipinski definition) is 3. The predicted octanol–water partition coefficient (Wildman–Crippen LogP) is 4.84. The molecule has 1 aromatic heterocycles.